The van der Waals surface area contributed by atoms with Gasteiger partial charge in [-0.3, -0.25) is 9.59 Å². The van der Waals surface area contributed by atoms with Gasteiger partial charge in [0, 0.05) is 11.3 Å². The van der Waals surface area contributed by atoms with E-state index >= 15 is 0 Å². The Balaban J connectivity index is 2.49. The lowest BCUT2D eigenvalue weighted by Crippen LogP contribution is -2.53. The first-order valence-electron chi connectivity index (χ1n) is 6.35. The maximum atomic E-state index is 11.8. The SMILES string of the molecule is CC(O)C(C)(C)NC(=O)CNC(=O)c1ccc(N)cc1. The molecule has 1 rings (SSSR count). The molecule has 20 heavy (non-hydrogen) atoms. The Labute approximate surface area is 118 Å². The first-order chi connectivity index (χ1) is 9.22. The van der Waals surface area contributed by atoms with Gasteiger partial charge in [-0.1, -0.05) is 0 Å². The van der Waals surface area contributed by atoms with Crippen molar-refractivity contribution in [3.63, 3.8) is 0 Å². The van der Waals surface area contributed by atoms with Crippen LogP contribution in [0.2, 0.25) is 0 Å². The van der Waals surface area contributed by atoms with Gasteiger partial charge in [0.1, 0.15) is 0 Å². The number of nitrogens with two attached hydrogens (primary N) is 1. The van der Waals surface area contributed by atoms with Crippen molar-refractivity contribution in [3.05, 3.63) is 29.8 Å². The molecular weight excluding hydrogens is 258 g/mol. The topological polar surface area (TPSA) is 104 Å². The molecule has 5 N–H and O–H groups in total. The standard InChI is InChI=1S/C14H21N3O3/c1-9(18)14(2,3)17-12(19)8-16-13(20)10-4-6-11(15)7-5-10/h4-7,9,18H,8,15H2,1-3H3,(H,16,20)(H,17,19). The lowest BCUT2D eigenvalue weighted by atomic mass is 9.99. The molecule has 6 heteroatoms. The predicted octanol–water partition coefficient (Wildman–Crippen LogP) is 0.274. The van der Waals surface area contributed by atoms with Crippen LogP contribution in [0.4, 0.5) is 5.69 Å². The van der Waals surface area contributed by atoms with Crippen LogP contribution in [0.3, 0.4) is 0 Å². The lowest BCUT2D eigenvalue weighted by molar-refractivity contribution is -0.123. The molecule has 1 aromatic carbocycles. The number of aliphatic hydroxyl groups is 1. The molecule has 0 radical (unpaired) electrons. The number of amides is 2. The summed E-state index contributed by atoms with van der Waals surface area (Å²) < 4.78 is 0. The number of benzene rings is 1. The van der Waals surface area contributed by atoms with Crippen LogP contribution in [0.1, 0.15) is 31.1 Å². The molecular formula is C14H21N3O3. The molecule has 6 nitrogen and oxygen atoms in total. The molecule has 1 unspecified atom stereocenters. The summed E-state index contributed by atoms with van der Waals surface area (Å²) in [7, 11) is 0. The normalized spacial score (nSPS) is 12.6. The molecule has 0 saturated carbocycles. The van der Waals surface area contributed by atoms with Crippen LogP contribution >= 0.6 is 0 Å². The fourth-order valence-electron chi connectivity index (χ4n) is 1.41. The fraction of sp³-hybridized carbons (Fsp3) is 0.429. The third-order valence-corrected chi connectivity index (χ3v) is 3.09. The Hall–Kier alpha value is -2.08. The van der Waals surface area contributed by atoms with Gasteiger partial charge in [0.15, 0.2) is 0 Å². The Morgan fingerprint density at radius 1 is 1.30 bits per heavy atom. The van der Waals surface area contributed by atoms with Crippen LogP contribution in [0, 0.1) is 0 Å². The van der Waals surface area contributed by atoms with Gasteiger partial charge in [0.2, 0.25) is 5.91 Å². The summed E-state index contributed by atoms with van der Waals surface area (Å²) in [4.78, 5) is 23.5. The van der Waals surface area contributed by atoms with E-state index in [-0.39, 0.29) is 18.4 Å². The largest absolute Gasteiger partial charge is 0.399 e. The molecule has 0 aliphatic carbocycles. The molecule has 0 aromatic heterocycles. The number of carbonyl (C=O) groups excluding carboxylic acids is 2. The monoisotopic (exact) mass is 279 g/mol. The molecule has 0 aliphatic heterocycles. The Kier molecular flexibility index (Phi) is 5.10. The lowest BCUT2D eigenvalue weighted by Gasteiger charge is -2.29. The Morgan fingerprint density at radius 3 is 2.35 bits per heavy atom. The minimum absolute atomic E-state index is 0.153. The molecule has 1 aromatic rings. The van der Waals surface area contributed by atoms with Crippen LogP contribution in [-0.4, -0.2) is 35.1 Å². The molecule has 0 spiro atoms. The van der Waals surface area contributed by atoms with Crippen LogP contribution in [0.5, 0.6) is 0 Å². The molecule has 0 saturated heterocycles. The zero-order valence-electron chi connectivity index (χ0n) is 11.9. The van der Waals surface area contributed by atoms with Crippen LogP contribution in [0.15, 0.2) is 24.3 Å². The number of anilines is 1. The third kappa shape index (κ3) is 4.55. The molecule has 0 bridgehead atoms. The second-order valence-electron chi connectivity index (χ2n) is 5.25. The number of nitrogens with one attached hydrogen (secondary N) is 2. The number of carbonyl (C=O) groups is 2. The first kappa shape index (κ1) is 16.0. The number of rotatable bonds is 5. The van der Waals surface area contributed by atoms with Gasteiger partial charge in [0.05, 0.1) is 18.2 Å². The summed E-state index contributed by atoms with van der Waals surface area (Å²) in [5, 5.41) is 14.7. The van der Waals surface area contributed by atoms with Crippen LogP contribution < -0.4 is 16.4 Å². The Bertz CT molecular complexity index is 481. The second-order valence-corrected chi connectivity index (χ2v) is 5.25. The molecule has 2 amide bonds. The summed E-state index contributed by atoms with van der Waals surface area (Å²) in [6, 6.07) is 6.40. The predicted molar refractivity (Wildman–Crippen MR) is 77.1 cm³/mol. The van der Waals surface area contributed by atoms with Crippen molar-refractivity contribution in [1.82, 2.24) is 10.6 Å². The number of aliphatic hydroxyl groups excluding tert-OH is 1. The smallest absolute Gasteiger partial charge is 0.251 e. The van der Waals surface area contributed by atoms with E-state index in [0.717, 1.165) is 0 Å². The van der Waals surface area contributed by atoms with Gasteiger partial charge in [-0.15, -0.1) is 0 Å². The molecule has 110 valence electrons. The maximum absolute atomic E-state index is 11.8. The number of nitrogen functional groups attached to an aromatic ring is 1. The summed E-state index contributed by atoms with van der Waals surface area (Å²) in [6.45, 7) is 4.85. The van der Waals surface area contributed by atoms with E-state index in [0.29, 0.717) is 11.3 Å². The van der Waals surface area contributed by atoms with Crippen molar-refractivity contribution in [2.24, 2.45) is 0 Å². The van der Waals surface area contributed by atoms with E-state index in [1.807, 2.05) is 0 Å². The summed E-state index contributed by atoms with van der Waals surface area (Å²) >= 11 is 0. The highest BCUT2D eigenvalue weighted by atomic mass is 16.3. The van der Waals surface area contributed by atoms with Crippen molar-refractivity contribution in [3.8, 4) is 0 Å². The van der Waals surface area contributed by atoms with Gasteiger partial charge < -0.3 is 21.5 Å². The summed E-state index contributed by atoms with van der Waals surface area (Å²) in [5.41, 5.74) is 5.78. The quantitative estimate of drug-likeness (QED) is 0.581. The van der Waals surface area contributed by atoms with Crippen molar-refractivity contribution < 1.29 is 14.7 Å². The van der Waals surface area contributed by atoms with Gasteiger partial charge in [-0.2, -0.15) is 0 Å². The molecule has 1 atom stereocenters. The van der Waals surface area contributed by atoms with E-state index in [1.54, 1.807) is 45.0 Å². The Morgan fingerprint density at radius 2 is 1.85 bits per heavy atom. The summed E-state index contributed by atoms with van der Waals surface area (Å²) in [6.07, 6.45) is -0.695. The minimum atomic E-state index is -0.747. The van der Waals surface area contributed by atoms with Gasteiger partial charge in [-0.05, 0) is 45.0 Å². The van der Waals surface area contributed by atoms with E-state index in [1.165, 1.54) is 0 Å². The van der Waals surface area contributed by atoms with Crippen molar-refractivity contribution in [2.75, 3.05) is 12.3 Å². The zero-order valence-corrected chi connectivity index (χ0v) is 11.9. The third-order valence-electron chi connectivity index (χ3n) is 3.09. The second kappa shape index (κ2) is 6.38. The average molecular weight is 279 g/mol. The van der Waals surface area contributed by atoms with Crippen molar-refractivity contribution in [2.45, 2.75) is 32.4 Å². The average Bonchev–Trinajstić information content (AvgIpc) is 2.36. The van der Waals surface area contributed by atoms with Crippen molar-refractivity contribution in [1.29, 1.82) is 0 Å². The molecule has 0 aliphatic rings. The van der Waals surface area contributed by atoms with Crippen molar-refractivity contribution >= 4 is 17.5 Å². The summed E-state index contributed by atoms with van der Waals surface area (Å²) in [5.74, 6) is -0.713. The highest BCUT2D eigenvalue weighted by Gasteiger charge is 2.25. The number of hydrogen-bond acceptors (Lipinski definition) is 4. The van der Waals surface area contributed by atoms with E-state index < -0.39 is 11.6 Å². The van der Waals surface area contributed by atoms with Crippen LogP contribution in [0.25, 0.3) is 0 Å². The van der Waals surface area contributed by atoms with Gasteiger partial charge >= 0.3 is 0 Å². The van der Waals surface area contributed by atoms with Crippen LogP contribution in [-0.2, 0) is 4.79 Å². The number of hydrogen-bond donors (Lipinski definition) is 4. The van der Waals surface area contributed by atoms with Gasteiger partial charge in [0.25, 0.3) is 5.91 Å². The van der Waals surface area contributed by atoms with E-state index in [9.17, 15) is 14.7 Å². The minimum Gasteiger partial charge on any atom is -0.399 e. The van der Waals surface area contributed by atoms with E-state index in [4.69, 9.17) is 5.73 Å². The highest BCUT2D eigenvalue weighted by molar-refractivity contribution is 5.96. The van der Waals surface area contributed by atoms with Gasteiger partial charge in [-0.25, -0.2) is 0 Å². The van der Waals surface area contributed by atoms with E-state index in [2.05, 4.69) is 10.6 Å². The maximum Gasteiger partial charge on any atom is 0.251 e. The molecule has 0 fully saturated rings. The zero-order chi connectivity index (χ0) is 15.3. The fourth-order valence-corrected chi connectivity index (χ4v) is 1.41. The molecule has 0 heterocycles. The first-order valence-corrected chi connectivity index (χ1v) is 6.35. The highest BCUT2D eigenvalue weighted by Crippen LogP contribution is 2.08.